The van der Waals surface area contributed by atoms with Crippen LogP contribution >= 0.6 is 0 Å². The number of aromatic amines is 1. The minimum Gasteiger partial charge on any atom is -0.348 e. The molecule has 2 saturated heterocycles. The summed E-state index contributed by atoms with van der Waals surface area (Å²) < 4.78 is 14.1. The molecule has 2 aliphatic heterocycles. The van der Waals surface area contributed by atoms with Crippen molar-refractivity contribution in [3.63, 3.8) is 0 Å². The third-order valence-electron chi connectivity index (χ3n) is 5.55. The molecule has 0 saturated carbocycles. The summed E-state index contributed by atoms with van der Waals surface area (Å²) in [5, 5.41) is 0.205. The highest BCUT2D eigenvalue weighted by Gasteiger charge is 2.44. The number of para-hydroxylation sites is 1. The number of carbonyl (C=O) groups is 2. The predicted octanol–water partition coefficient (Wildman–Crippen LogP) is 0.0625. The molecule has 3 heterocycles. The van der Waals surface area contributed by atoms with Crippen molar-refractivity contribution < 1.29 is 14.0 Å². The number of hydrogen-bond donors (Lipinski definition) is 3. The minimum atomic E-state index is -0.580. The number of amides is 2. The largest absolute Gasteiger partial charge is 0.348 e. The fourth-order valence-corrected chi connectivity index (χ4v) is 4.03. The molecule has 4 rings (SSSR count). The maximum absolute atomic E-state index is 14.1. The van der Waals surface area contributed by atoms with E-state index in [9.17, 15) is 18.8 Å². The number of benzene rings is 1. The summed E-state index contributed by atoms with van der Waals surface area (Å²) in [6.07, 6.45) is 0.673. The van der Waals surface area contributed by atoms with Crippen LogP contribution in [0.5, 0.6) is 0 Å². The van der Waals surface area contributed by atoms with Gasteiger partial charge >= 0.3 is 0 Å². The molecule has 8 nitrogen and oxygen atoms in total. The Labute approximate surface area is 160 Å². The number of likely N-dealkylation sites (N-methyl/N-ethyl adjacent to an activating group) is 1. The smallest absolute Gasteiger partial charge is 0.270 e. The van der Waals surface area contributed by atoms with Crippen LogP contribution in [0.3, 0.4) is 0 Å². The van der Waals surface area contributed by atoms with Gasteiger partial charge in [0.15, 0.2) is 5.43 Å². The molecule has 28 heavy (non-hydrogen) atoms. The molecule has 0 radical (unpaired) electrons. The Bertz CT molecular complexity index is 1000. The topological polar surface area (TPSA) is 97.5 Å². The van der Waals surface area contributed by atoms with Crippen molar-refractivity contribution in [2.45, 2.75) is 18.5 Å². The minimum absolute atomic E-state index is 0.0260. The Balaban J connectivity index is 1.61. The van der Waals surface area contributed by atoms with Gasteiger partial charge in [0.1, 0.15) is 17.6 Å². The van der Waals surface area contributed by atoms with Gasteiger partial charge in [-0.2, -0.15) is 0 Å². The molecule has 0 spiro atoms. The molecule has 2 aromatic rings. The summed E-state index contributed by atoms with van der Waals surface area (Å²) in [6, 6.07) is 5.09. The Kier molecular flexibility index (Phi) is 4.64. The summed E-state index contributed by atoms with van der Waals surface area (Å²) in [4.78, 5) is 43.6. The lowest BCUT2D eigenvalue weighted by Crippen LogP contribution is -2.51. The lowest BCUT2D eigenvalue weighted by Gasteiger charge is -2.36. The van der Waals surface area contributed by atoms with Crippen molar-refractivity contribution in [3.8, 4) is 0 Å². The van der Waals surface area contributed by atoms with Crippen molar-refractivity contribution >= 4 is 22.7 Å². The van der Waals surface area contributed by atoms with E-state index in [4.69, 9.17) is 0 Å². The van der Waals surface area contributed by atoms with Gasteiger partial charge in [-0.15, -0.1) is 0 Å². The number of pyridine rings is 1. The Morgan fingerprint density at radius 1 is 1.25 bits per heavy atom. The van der Waals surface area contributed by atoms with Crippen molar-refractivity contribution in [1.29, 1.82) is 0 Å². The Morgan fingerprint density at radius 3 is 2.79 bits per heavy atom. The van der Waals surface area contributed by atoms with Gasteiger partial charge in [-0.3, -0.25) is 19.8 Å². The van der Waals surface area contributed by atoms with Crippen LogP contribution in [0.4, 0.5) is 4.39 Å². The van der Waals surface area contributed by atoms with Crippen LogP contribution < -0.4 is 16.3 Å². The number of likely N-dealkylation sites (tertiary alicyclic amines) is 1. The molecule has 148 valence electrons. The van der Waals surface area contributed by atoms with Gasteiger partial charge < -0.3 is 14.8 Å². The second-order valence-electron chi connectivity index (χ2n) is 7.52. The molecule has 3 unspecified atom stereocenters. The zero-order valence-electron chi connectivity index (χ0n) is 15.7. The fraction of sp³-hybridized carbons (Fsp3) is 0.421. The van der Waals surface area contributed by atoms with Gasteiger partial charge in [-0.25, -0.2) is 9.82 Å². The first-order valence-corrected chi connectivity index (χ1v) is 9.20. The van der Waals surface area contributed by atoms with Crippen LogP contribution in [0.1, 0.15) is 16.9 Å². The van der Waals surface area contributed by atoms with E-state index in [2.05, 4.69) is 15.8 Å². The third-order valence-corrected chi connectivity index (χ3v) is 5.55. The van der Waals surface area contributed by atoms with E-state index in [1.165, 1.54) is 29.2 Å². The summed E-state index contributed by atoms with van der Waals surface area (Å²) in [5.41, 5.74) is 5.85. The van der Waals surface area contributed by atoms with Crippen molar-refractivity contribution in [3.05, 3.63) is 46.0 Å². The molecule has 1 aromatic heterocycles. The van der Waals surface area contributed by atoms with Gasteiger partial charge in [0.2, 0.25) is 5.91 Å². The molecule has 0 bridgehead atoms. The zero-order valence-corrected chi connectivity index (χ0v) is 15.7. The first kappa shape index (κ1) is 18.6. The number of hydrazine groups is 1. The van der Waals surface area contributed by atoms with E-state index in [-0.39, 0.29) is 40.4 Å². The van der Waals surface area contributed by atoms with E-state index >= 15 is 0 Å². The number of hydrogen-bond acceptors (Lipinski definition) is 5. The number of fused-ring (bicyclic) bond motifs is 2. The normalized spacial score (nSPS) is 24.2. The van der Waals surface area contributed by atoms with Gasteiger partial charge in [-0.05, 0) is 18.6 Å². The Morgan fingerprint density at radius 2 is 2.04 bits per heavy atom. The number of H-pyrrole nitrogens is 1. The van der Waals surface area contributed by atoms with Crippen LogP contribution in [0, 0.1) is 11.7 Å². The number of carbonyl (C=O) groups excluding carboxylic acids is 2. The maximum atomic E-state index is 14.1. The highest BCUT2D eigenvalue weighted by Crippen LogP contribution is 2.26. The van der Waals surface area contributed by atoms with E-state index in [1.807, 2.05) is 0 Å². The van der Waals surface area contributed by atoms with Crippen LogP contribution in [0.2, 0.25) is 0 Å². The molecule has 1 aromatic carbocycles. The fourth-order valence-electron chi connectivity index (χ4n) is 4.03. The number of halogens is 1. The molecule has 0 aliphatic carbocycles. The quantitative estimate of drug-likeness (QED) is 0.677. The van der Waals surface area contributed by atoms with Crippen molar-refractivity contribution in [1.82, 2.24) is 25.6 Å². The predicted molar refractivity (Wildman–Crippen MR) is 101 cm³/mol. The SMILES string of the molecule is CN(C)C(=O)C1NNC2CCN(C(=O)c3cc(=O)c4cccc(F)c4[nH]3)CC21. The standard InChI is InChI=1S/C19H22FN5O3/c1-24(2)19(28)17-11-9-25(7-6-13(11)22-23-17)18(27)14-8-15(26)10-4-3-5-12(20)16(10)21-14/h3-5,8,11,13,17,22-23H,6-7,9H2,1-2H3,(H,21,26). The number of aromatic nitrogens is 1. The lowest BCUT2D eigenvalue weighted by atomic mass is 9.87. The molecule has 3 atom stereocenters. The van der Waals surface area contributed by atoms with Gasteiger partial charge in [0.25, 0.3) is 5.91 Å². The third kappa shape index (κ3) is 3.06. The number of rotatable bonds is 2. The maximum Gasteiger partial charge on any atom is 0.270 e. The summed E-state index contributed by atoms with van der Waals surface area (Å²) in [7, 11) is 3.38. The Hall–Kier alpha value is -2.78. The van der Waals surface area contributed by atoms with Crippen LogP contribution in [0.15, 0.2) is 29.1 Å². The molecule has 2 fully saturated rings. The molecular weight excluding hydrogens is 365 g/mol. The molecule has 3 N–H and O–H groups in total. The van der Waals surface area contributed by atoms with Crippen LogP contribution in [0.25, 0.3) is 10.9 Å². The van der Waals surface area contributed by atoms with E-state index in [0.29, 0.717) is 19.5 Å². The van der Waals surface area contributed by atoms with Gasteiger partial charge in [0.05, 0.1) is 5.52 Å². The average molecular weight is 387 g/mol. The monoisotopic (exact) mass is 387 g/mol. The first-order chi connectivity index (χ1) is 13.4. The number of piperidine rings is 1. The summed E-state index contributed by atoms with van der Waals surface area (Å²) in [6.45, 7) is 0.847. The van der Waals surface area contributed by atoms with Crippen molar-refractivity contribution in [2.24, 2.45) is 5.92 Å². The zero-order chi connectivity index (χ0) is 20.0. The van der Waals surface area contributed by atoms with E-state index in [0.717, 1.165) is 0 Å². The van der Waals surface area contributed by atoms with Gasteiger partial charge in [0, 0.05) is 50.6 Å². The number of nitrogens with zero attached hydrogens (tertiary/aromatic N) is 2. The summed E-state index contributed by atoms with van der Waals surface area (Å²) >= 11 is 0. The summed E-state index contributed by atoms with van der Waals surface area (Å²) in [5.74, 6) is -1.10. The van der Waals surface area contributed by atoms with E-state index in [1.54, 1.807) is 19.0 Å². The lowest BCUT2D eigenvalue weighted by molar-refractivity contribution is -0.131. The van der Waals surface area contributed by atoms with Crippen LogP contribution in [-0.4, -0.2) is 65.9 Å². The number of nitrogens with one attached hydrogen (secondary N) is 3. The highest BCUT2D eigenvalue weighted by atomic mass is 19.1. The second kappa shape index (κ2) is 6.99. The van der Waals surface area contributed by atoms with E-state index < -0.39 is 17.3 Å². The second-order valence-corrected chi connectivity index (χ2v) is 7.52. The molecule has 2 amide bonds. The van der Waals surface area contributed by atoms with Crippen LogP contribution in [-0.2, 0) is 4.79 Å². The first-order valence-electron chi connectivity index (χ1n) is 9.20. The van der Waals surface area contributed by atoms with Gasteiger partial charge in [-0.1, -0.05) is 6.07 Å². The molecule has 2 aliphatic rings. The molecular formula is C19H22FN5O3. The highest BCUT2D eigenvalue weighted by molar-refractivity contribution is 5.95. The van der Waals surface area contributed by atoms with Crippen molar-refractivity contribution in [2.75, 3.05) is 27.2 Å². The average Bonchev–Trinajstić information content (AvgIpc) is 3.10. The molecule has 9 heteroatoms.